The van der Waals surface area contributed by atoms with E-state index in [9.17, 15) is 9.59 Å². The van der Waals surface area contributed by atoms with Gasteiger partial charge >= 0.3 is 6.09 Å². The number of carbonyl (C=O) groups excluding carboxylic acids is 2. The lowest BCUT2D eigenvalue weighted by atomic mass is 9.86. The van der Waals surface area contributed by atoms with Crippen molar-refractivity contribution in [2.45, 2.75) is 76.8 Å². The van der Waals surface area contributed by atoms with Crippen molar-refractivity contribution < 1.29 is 33.4 Å². The lowest BCUT2D eigenvalue weighted by molar-refractivity contribution is -0.148. The highest BCUT2D eigenvalue weighted by atomic mass is 16.7. The molecule has 3 heterocycles. The predicted molar refractivity (Wildman–Crippen MR) is 96.5 cm³/mol. The number of nitrogens with zero attached hydrogens (tertiary/aromatic N) is 2. The summed E-state index contributed by atoms with van der Waals surface area (Å²) in [6.45, 7) is 9.38. The van der Waals surface area contributed by atoms with Crippen LogP contribution >= 0.6 is 0 Å². The lowest BCUT2D eigenvalue weighted by Gasteiger charge is -2.35. The topological polar surface area (TPSA) is 95.9 Å². The molecular weight excluding hydrogens is 368 g/mol. The largest absolute Gasteiger partial charge is 0.443 e. The van der Waals surface area contributed by atoms with Crippen LogP contribution in [0.4, 0.5) is 4.79 Å². The van der Waals surface area contributed by atoms with Gasteiger partial charge in [0, 0.05) is 7.11 Å². The maximum Gasteiger partial charge on any atom is 0.417 e. The molecule has 1 saturated carbocycles. The molecule has 6 atom stereocenters. The zero-order valence-electron chi connectivity index (χ0n) is 17.1. The Morgan fingerprint density at radius 3 is 2.64 bits per heavy atom. The molecule has 2 amide bonds. The molecule has 9 nitrogen and oxygen atoms in total. The van der Waals surface area contributed by atoms with Crippen LogP contribution in [0, 0.1) is 11.8 Å². The van der Waals surface area contributed by atoms with Crippen LogP contribution in [0.5, 0.6) is 0 Å². The maximum absolute atomic E-state index is 12.7. The van der Waals surface area contributed by atoms with Gasteiger partial charge in [-0.3, -0.25) is 4.79 Å². The van der Waals surface area contributed by atoms with Crippen molar-refractivity contribution in [3.8, 4) is 0 Å². The van der Waals surface area contributed by atoms with Crippen molar-refractivity contribution >= 4 is 17.7 Å². The molecule has 4 aliphatic rings. The quantitative estimate of drug-likeness (QED) is 0.716. The van der Waals surface area contributed by atoms with Crippen molar-refractivity contribution in [2.24, 2.45) is 17.0 Å². The molecule has 0 radical (unpaired) electrons. The van der Waals surface area contributed by atoms with Crippen LogP contribution < -0.4 is 0 Å². The molecule has 0 unspecified atom stereocenters. The van der Waals surface area contributed by atoms with E-state index in [2.05, 4.69) is 5.16 Å². The highest BCUT2D eigenvalue weighted by Gasteiger charge is 2.65. The molecule has 0 aromatic heterocycles. The summed E-state index contributed by atoms with van der Waals surface area (Å²) >= 11 is 0. The summed E-state index contributed by atoms with van der Waals surface area (Å²) in [6.07, 6.45) is -1.28. The van der Waals surface area contributed by atoms with Gasteiger partial charge in [0.15, 0.2) is 5.79 Å². The molecule has 9 heteroatoms. The van der Waals surface area contributed by atoms with E-state index in [4.69, 9.17) is 23.8 Å². The average molecular weight is 396 g/mol. The van der Waals surface area contributed by atoms with Crippen LogP contribution in [0.25, 0.3) is 0 Å². The Morgan fingerprint density at radius 1 is 1.36 bits per heavy atom. The van der Waals surface area contributed by atoms with E-state index in [0.29, 0.717) is 18.7 Å². The molecule has 0 spiro atoms. The predicted octanol–water partition coefficient (Wildman–Crippen LogP) is 1.69. The number of imide groups is 1. The van der Waals surface area contributed by atoms with E-state index in [1.807, 2.05) is 13.8 Å². The molecule has 0 N–H and O–H groups in total. The molecule has 28 heavy (non-hydrogen) atoms. The minimum atomic E-state index is -0.700. The monoisotopic (exact) mass is 396 g/mol. The zero-order valence-corrected chi connectivity index (χ0v) is 17.1. The minimum absolute atomic E-state index is 0.229. The molecular formula is C19H28N2O7. The van der Waals surface area contributed by atoms with Crippen molar-refractivity contribution in [2.75, 3.05) is 13.7 Å². The summed E-state index contributed by atoms with van der Waals surface area (Å²) in [7, 11) is 1.58. The number of hydrogen-bond donors (Lipinski definition) is 0. The van der Waals surface area contributed by atoms with E-state index < -0.39 is 29.5 Å². The van der Waals surface area contributed by atoms with Gasteiger partial charge in [-0.15, -0.1) is 0 Å². The number of amides is 2. The Bertz CT molecular complexity index is 714. The van der Waals surface area contributed by atoms with Gasteiger partial charge in [0.1, 0.15) is 23.9 Å². The van der Waals surface area contributed by atoms with Gasteiger partial charge < -0.3 is 23.8 Å². The number of carbonyl (C=O) groups is 2. The van der Waals surface area contributed by atoms with Crippen LogP contribution in [0.3, 0.4) is 0 Å². The number of hydrogen-bond acceptors (Lipinski definition) is 8. The smallest absolute Gasteiger partial charge is 0.417 e. The minimum Gasteiger partial charge on any atom is -0.443 e. The Kier molecular flexibility index (Phi) is 4.48. The number of piperidine rings is 1. The molecule has 2 bridgehead atoms. The van der Waals surface area contributed by atoms with Crippen LogP contribution in [0.2, 0.25) is 0 Å². The summed E-state index contributed by atoms with van der Waals surface area (Å²) in [5.41, 5.74) is -0.0236. The number of fused-ring (bicyclic) bond motifs is 5. The van der Waals surface area contributed by atoms with Crippen molar-refractivity contribution in [3.63, 3.8) is 0 Å². The number of rotatable bonds is 3. The summed E-state index contributed by atoms with van der Waals surface area (Å²) in [6, 6.07) is -0.355. The van der Waals surface area contributed by atoms with Crippen LogP contribution in [0.15, 0.2) is 5.16 Å². The van der Waals surface area contributed by atoms with Gasteiger partial charge in [-0.05, 0) is 41.0 Å². The second-order valence-corrected chi connectivity index (χ2v) is 9.23. The number of oxime groups is 1. The highest BCUT2D eigenvalue weighted by Crippen LogP contribution is 2.49. The molecule has 3 fully saturated rings. The van der Waals surface area contributed by atoms with Crippen LogP contribution in [-0.4, -0.2) is 72.1 Å². The summed E-state index contributed by atoms with van der Waals surface area (Å²) in [5, 5.41) is 4.25. The second-order valence-electron chi connectivity index (χ2n) is 9.23. The molecule has 0 aromatic rings. The van der Waals surface area contributed by atoms with Crippen molar-refractivity contribution in [1.29, 1.82) is 0 Å². The molecule has 0 aromatic carbocycles. The molecule has 4 rings (SSSR count). The molecule has 156 valence electrons. The lowest BCUT2D eigenvalue weighted by Crippen LogP contribution is -2.55. The normalized spacial score (nSPS) is 36.9. The van der Waals surface area contributed by atoms with Crippen LogP contribution in [0.1, 0.15) is 41.0 Å². The SMILES string of the molecule is CO[C@@H](C1=NO[C@H]2[C@@H]1[C@H]1C[C@@H]2C(=O)N1C(=O)OC(C)(C)C)[C@H]1COC(C)(C)O1. The first-order valence-electron chi connectivity index (χ1n) is 9.66. The fraction of sp³-hybridized carbons (Fsp3) is 0.842. The standard InChI is InChI=1S/C19H28N2O7/c1-18(2,3)27-17(23)21-10-7-9(16(21)22)14-12(10)13(20-28-14)15(24-6)11-8-25-19(4,5)26-11/h9-12,14-15H,7-8H2,1-6H3/t9-,10+,11+,12+,14+,15+/m0/s1. The van der Waals surface area contributed by atoms with E-state index in [1.54, 1.807) is 27.9 Å². The molecule has 1 aliphatic carbocycles. The molecule has 2 saturated heterocycles. The van der Waals surface area contributed by atoms with E-state index in [0.717, 1.165) is 0 Å². The Morgan fingerprint density at radius 2 is 2.07 bits per heavy atom. The van der Waals surface area contributed by atoms with Crippen LogP contribution in [-0.2, 0) is 28.6 Å². The van der Waals surface area contributed by atoms with Gasteiger partial charge in [0.25, 0.3) is 0 Å². The van der Waals surface area contributed by atoms with Gasteiger partial charge in [-0.2, -0.15) is 0 Å². The first kappa shape index (κ1) is 19.6. The summed E-state index contributed by atoms with van der Waals surface area (Å²) < 4.78 is 22.8. The van der Waals surface area contributed by atoms with Gasteiger partial charge in [-0.25, -0.2) is 9.69 Å². The third-order valence-electron chi connectivity index (χ3n) is 5.67. The van der Waals surface area contributed by atoms with E-state index in [1.165, 1.54) is 4.90 Å². The maximum atomic E-state index is 12.7. The fourth-order valence-electron chi connectivity index (χ4n) is 4.65. The average Bonchev–Trinajstić information content (AvgIpc) is 3.28. The Balaban J connectivity index is 1.56. The van der Waals surface area contributed by atoms with E-state index in [-0.39, 0.29) is 30.1 Å². The van der Waals surface area contributed by atoms with E-state index >= 15 is 0 Å². The summed E-state index contributed by atoms with van der Waals surface area (Å²) in [4.78, 5) is 32.3. The third kappa shape index (κ3) is 3.09. The Hall–Kier alpha value is -1.71. The first-order chi connectivity index (χ1) is 13.0. The zero-order chi connectivity index (χ0) is 20.4. The highest BCUT2D eigenvalue weighted by molar-refractivity contribution is 6.02. The van der Waals surface area contributed by atoms with Crippen molar-refractivity contribution in [3.05, 3.63) is 0 Å². The number of ether oxygens (including phenoxy) is 4. The van der Waals surface area contributed by atoms with Gasteiger partial charge in [-0.1, -0.05) is 5.16 Å². The van der Waals surface area contributed by atoms with Gasteiger partial charge in [0.05, 0.1) is 30.2 Å². The first-order valence-corrected chi connectivity index (χ1v) is 9.66. The Labute approximate surface area is 164 Å². The second kappa shape index (κ2) is 6.40. The number of methoxy groups -OCH3 is 1. The van der Waals surface area contributed by atoms with Gasteiger partial charge in [0.2, 0.25) is 5.91 Å². The third-order valence-corrected chi connectivity index (χ3v) is 5.67. The fourth-order valence-corrected chi connectivity index (χ4v) is 4.65. The van der Waals surface area contributed by atoms with Crippen molar-refractivity contribution in [1.82, 2.24) is 4.90 Å². The summed E-state index contributed by atoms with van der Waals surface area (Å²) in [5.74, 6) is -1.59. The number of likely N-dealkylation sites (tertiary alicyclic amines) is 1. The molecule has 3 aliphatic heterocycles.